The van der Waals surface area contributed by atoms with Crippen LogP contribution < -0.4 is 25.4 Å². The van der Waals surface area contributed by atoms with Gasteiger partial charge in [-0.15, -0.1) is 0 Å². The summed E-state index contributed by atoms with van der Waals surface area (Å²) < 4.78 is 16.0. The number of nitrogens with one attached hydrogen (secondary N) is 1. The smallest absolute Gasteiger partial charge is 0.280 e. The van der Waals surface area contributed by atoms with Gasteiger partial charge in [0.1, 0.15) is 5.75 Å². The van der Waals surface area contributed by atoms with E-state index < -0.39 is 17.9 Å². The number of nitrogens with two attached hydrogens (primary N) is 1. The lowest BCUT2D eigenvalue weighted by atomic mass is 10.2. The third kappa shape index (κ3) is 6.85. The lowest BCUT2D eigenvalue weighted by Crippen LogP contribution is -2.33. The Balaban J connectivity index is 1.95. The highest BCUT2D eigenvalue weighted by atomic mass is 35.5. The predicted molar refractivity (Wildman–Crippen MR) is 110 cm³/mol. The van der Waals surface area contributed by atoms with Crippen LogP contribution in [0.5, 0.6) is 17.2 Å². The van der Waals surface area contributed by atoms with Gasteiger partial charge in [-0.2, -0.15) is 5.10 Å². The molecule has 2 rings (SSSR count). The molecule has 0 radical (unpaired) electrons. The molecule has 10 heteroatoms. The molecule has 0 saturated carbocycles. The van der Waals surface area contributed by atoms with E-state index in [4.69, 9.17) is 43.1 Å². The SMILES string of the molecule is COc1cc(/C=N\NC(=O)[C@H](C)Oc2ccc(Cl)cc2Cl)ccc1OCC(N)=O. The zero-order valence-corrected chi connectivity index (χ0v) is 17.2. The third-order valence-corrected chi connectivity index (χ3v) is 4.04. The Bertz CT molecular complexity index is 921. The van der Waals surface area contributed by atoms with Crippen LogP contribution in [-0.2, 0) is 9.59 Å². The molecule has 2 aromatic rings. The first kappa shape index (κ1) is 22.3. The number of halogens is 2. The molecule has 3 N–H and O–H groups in total. The van der Waals surface area contributed by atoms with E-state index in [1.165, 1.54) is 19.4 Å². The summed E-state index contributed by atoms with van der Waals surface area (Å²) in [7, 11) is 1.45. The molecule has 0 aromatic heterocycles. The van der Waals surface area contributed by atoms with Crippen LogP contribution in [0.1, 0.15) is 12.5 Å². The summed E-state index contributed by atoms with van der Waals surface area (Å²) in [6.07, 6.45) is 0.574. The van der Waals surface area contributed by atoms with Crippen LogP contribution in [0.3, 0.4) is 0 Å². The number of methoxy groups -OCH3 is 1. The molecular weight excluding hydrogens is 421 g/mol. The van der Waals surface area contributed by atoms with Crippen LogP contribution >= 0.6 is 23.2 Å². The van der Waals surface area contributed by atoms with Gasteiger partial charge >= 0.3 is 0 Å². The van der Waals surface area contributed by atoms with E-state index in [1.54, 1.807) is 37.3 Å². The molecule has 8 nitrogen and oxygen atoms in total. The average Bonchev–Trinajstić information content (AvgIpc) is 2.68. The highest BCUT2D eigenvalue weighted by molar-refractivity contribution is 6.35. The fraction of sp³-hybridized carbons (Fsp3) is 0.211. The van der Waals surface area contributed by atoms with Gasteiger partial charge in [0.25, 0.3) is 11.8 Å². The molecule has 0 aliphatic heterocycles. The number of benzene rings is 2. The molecule has 0 heterocycles. The molecule has 1 atom stereocenters. The summed E-state index contributed by atoms with van der Waals surface area (Å²) in [4.78, 5) is 23.0. The van der Waals surface area contributed by atoms with Crippen LogP contribution in [0, 0.1) is 0 Å². The summed E-state index contributed by atoms with van der Waals surface area (Å²) in [5.74, 6) is 0.00113. The maximum atomic E-state index is 12.1. The van der Waals surface area contributed by atoms with Crippen molar-refractivity contribution in [1.82, 2.24) is 5.43 Å². The number of carbonyl (C=O) groups is 2. The molecule has 0 spiro atoms. The Kier molecular flexibility index (Phi) is 8.11. The van der Waals surface area contributed by atoms with E-state index in [1.807, 2.05) is 0 Å². The van der Waals surface area contributed by atoms with E-state index in [2.05, 4.69) is 10.5 Å². The minimum atomic E-state index is -0.843. The van der Waals surface area contributed by atoms with E-state index in [9.17, 15) is 9.59 Å². The molecule has 0 aliphatic carbocycles. The van der Waals surface area contributed by atoms with Crippen molar-refractivity contribution in [2.75, 3.05) is 13.7 Å². The summed E-state index contributed by atoms with van der Waals surface area (Å²) in [6, 6.07) is 9.59. The van der Waals surface area contributed by atoms with Gasteiger partial charge in [-0.25, -0.2) is 5.43 Å². The van der Waals surface area contributed by atoms with Crippen molar-refractivity contribution in [1.29, 1.82) is 0 Å². The molecule has 2 aromatic carbocycles. The van der Waals surface area contributed by atoms with Crippen molar-refractivity contribution in [3.63, 3.8) is 0 Å². The van der Waals surface area contributed by atoms with E-state index in [0.29, 0.717) is 32.9 Å². The van der Waals surface area contributed by atoms with Gasteiger partial charge in [-0.1, -0.05) is 23.2 Å². The number of amides is 2. The number of nitrogens with zero attached hydrogens (tertiary/aromatic N) is 1. The summed E-state index contributed by atoms with van der Waals surface area (Å²) >= 11 is 11.9. The number of hydrogen-bond acceptors (Lipinski definition) is 6. The van der Waals surface area contributed by atoms with Crippen LogP contribution in [0.2, 0.25) is 10.0 Å². The molecule has 154 valence electrons. The average molecular weight is 440 g/mol. The largest absolute Gasteiger partial charge is 0.493 e. The number of ether oxygens (including phenoxy) is 3. The fourth-order valence-electron chi connectivity index (χ4n) is 2.11. The minimum Gasteiger partial charge on any atom is -0.493 e. The van der Waals surface area contributed by atoms with Crippen LogP contribution in [-0.4, -0.2) is 37.8 Å². The molecule has 0 bridgehead atoms. The van der Waals surface area contributed by atoms with E-state index >= 15 is 0 Å². The lowest BCUT2D eigenvalue weighted by Gasteiger charge is -2.14. The normalized spacial score (nSPS) is 11.7. The molecule has 29 heavy (non-hydrogen) atoms. The monoisotopic (exact) mass is 439 g/mol. The Hall–Kier alpha value is -2.97. The second-order valence-electron chi connectivity index (χ2n) is 5.73. The first-order valence-corrected chi connectivity index (χ1v) is 9.09. The maximum Gasteiger partial charge on any atom is 0.280 e. The molecule has 0 fully saturated rings. The number of carbonyl (C=O) groups excluding carboxylic acids is 2. The van der Waals surface area contributed by atoms with Gasteiger partial charge in [0, 0.05) is 5.02 Å². The van der Waals surface area contributed by atoms with Crippen molar-refractivity contribution in [2.24, 2.45) is 10.8 Å². The van der Waals surface area contributed by atoms with Crippen molar-refractivity contribution in [3.05, 3.63) is 52.0 Å². The van der Waals surface area contributed by atoms with Crippen LogP contribution in [0.15, 0.2) is 41.5 Å². The highest BCUT2D eigenvalue weighted by Crippen LogP contribution is 2.28. The van der Waals surface area contributed by atoms with Crippen molar-refractivity contribution >= 4 is 41.2 Å². The molecule has 0 saturated heterocycles. The third-order valence-electron chi connectivity index (χ3n) is 3.51. The van der Waals surface area contributed by atoms with E-state index in [0.717, 1.165) is 0 Å². The Morgan fingerprint density at radius 1 is 1.17 bits per heavy atom. The molecule has 0 unspecified atom stereocenters. The Labute approximate surface area is 177 Å². The standard InChI is InChI=1S/C19H19Cl2N3O5/c1-11(29-15-6-4-13(20)8-14(15)21)19(26)24-23-9-12-3-5-16(17(7-12)27-2)28-10-18(22)25/h3-9,11H,10H2,1-2H3,(H2,22,25)(H,24,26)/b23-9-/t11-/m0/s1. The van der Waals surface area contributed by atoms with Gasteiger partial charge in [0.15, 0.2) is 24.2 Å². The number of hydrazone groups is 1. The number of primary amides is 1. The van der Waals surface area contributed by atoms with Crippen molar-refractivity contribution < 1.29 is 23.8 Å². The maximum absolute atomic E-state index is 12.1. The zero-order chi connectivity index (χ0) is 21.4. The highest BCUT2D eigenvalue weighted by Gasteiger charge is 2.15. The summed E-state index contributed by atoms with van der Waals surface area (Å²) in [5, 5.41) is 4.65. The summed E-state index contributed by atoms with van der Waals surface area (Å²) in [5.41, 5.74) is 8.06. The zero-order valence-electron chi connectivity index (χ0n) is 15.6. The van der Waals surface area contributed by atoms with Gasteiger partial charge in [0.2, 0.25) is 0 Å². The van der Waals surface area contributed by atoms with Crippen LogP contribution in [0.25, 0.3) is 0 Å². The number of rotatable bonds is 9. The van der Waals surface area contributed by atoms with Gasteiger partial charge in [0.05, 0.1) is 18.3 Å². The second-order valence-corrected chi connectivity index (χ2v) is 6.58. The van der Waals surface area contributed by atoms with Gasteiger partial charge in [-0.3, -0.25) is 9.59 Å². The van der Waals surface area contributed by atoms with Crippen molar-refractivity contribution in [2.45, 2.75) is 13.0 Å². The Morgan fingerprint density at radius 2 is 1.90 bits per heavy atom. The first-order chi connectivity index (χ1) is 13.8. The predicted octanol–water partition coefficient (Wildman–Crippen LogP) is 2.78. The second kappa shape index (κ2) is 10.5. The Morgan fingerprint density at radius 3 is 2.55 bits per heavy atom. The van der Waals surface area contributed by atoms with Gasteiger partial charge in [-0.05, 0) is 48.9 Å². The molecule has 0 aliphatic rings. The van der Waals surface area contributed by atoms with Crippen LogP contribution in [0.4, 0.5) is 0 Å². The van der Waals surface area contributed by atoms with Gasteiger partial charge < -0.3 is 19.9 Å². The topological polar surface area (TPSA) is 112 Å². The lowest BCUT2D eigenvalue weighted by molar-refractivity contribution is -0.127. The van der Waals surface area contributed by atoms with Crippen molar-refractivity contribution in [3.8, 4) is 17.2 Å². The minimum absolute atomic E-state index is 0.268. The molecule has 2 amide bonds. The first-order valence-electron chi connectivity index (χ1n) is 8.34. The molecular formula is C19H19Cl2N3O5. The summed E-state index contributed by atoms with van der Waals surface area (Å²) in [6.45, 7) is 1.29. The fourth-order valence-corrected chi connectivity index (χ4v) is 2.56. The number of hydrogen-bond donors (Lipinski definition) is 2. The quantitative estimate of drug-likeness (QED) is 0.460. The van der Waals surface area contributed by atoms with E-state index in [-0.39, 0.29) is 6.61 Å².